The third-order valence-electron chi connectivity index (χ3n) is 2.78. The van der Waals surface area contributed by atoms with Crippen molar-refractivity contribution in [1.29, 1.82) is 0 Å². The minimum Gasteiger partial charge on any atom is -0.399 e. The highest BCUT2D eigenvalue weighted by atomic mass is 32.2. The minimum absolute atomic E-state index is 0.0668. The number of carbonyl (C=O) groups excluding carboxylic acids is 1. The van der Waals surface area contributed by atoms with Crippen LogP contribution in [0.1, 0.15) is 6.42 Å². The third kappa shape index (κ3) is 5.33. The van der Waals surface area contributed by atoms with E-state index in [4.69, 9.17) is 10.5 Å². The summed E-state index contributed by atoms with van der Waals surface area (Å²) in [6.07, 6.45) is 0.675. The molecule has 21 heavy (non-hydrogen) atoms. The fourth-order valence-electron chi connectivity index (χ4n) is 1.64. The molecule has 0 aliphatic heterocycles. The van der Waals surface area contributed by atoms with Crippen molar-refractivity contribution in [2.24, 2.45) is 0 Å². The molecule has 7 nitrogen and oxygen atoms in total. The molecule has 0 unspecified atom stereocenters. The maximum absolute atomic E-state index is 12.3. The van der Waals surface area contributed by atoms with Crippen LogP contribution in [-0.4, -0.2) is 52.5 Å². The Labute approximate surface area is 125 Å². The Morgan fingerprint density at radius 1 is 1.43 bits per heavy atom. The number of nitrogens with zero attached hydrogens (tertiary/aromatic N) is 1. The molecular weight excluding hydrogens is 294 g/mol. The summed E-state index contributed by atoms with van der Waals surface area (Å²) >= 11 is 0. The van der Waals surface area contributed by atoms with Gasteiger partial charge in [0.2, 0.25) is 15.9 Å². The van der Waals surface area contributed by atoms with Crippen molar-refractivity contribution in [1.82, 2.24) is 9.62 Å². The van der Waals surface area contributed by atoms with Gasteiger partial charge in [0.05, 0.1) is 11.4 Å². The van der Waals surface area contributed by atoms with E-state index >= 15 is 0 Å². The first-order valence-electron chi connectivity index (χ1n) is 6.45. The Balaban J connectivity index is 2.61. The number of anilines is 1. The van der Waals surface area contributed by atoms with E-state index in [-0.39, 0.29) is 17.3 Å². The van der Waals surface area contributed by atoms with Crippen molar-refractivity contribution < 1.29 is 17.9 Å². The smallest absolute Gasteiger partial charge is 0.243 e. The van der Waals surface area contributed by atoms with E-state index in [9.17, 15) is 13.2 Å². The van der Waals surface area contributed by atoms with Crippen molar-refractivity contribution >= 4 is 21.6 Å². The average Bonchev–Trinajstić information content (AvgIpc) is 2.43. The van der Waals surface area contributed by atoms with Crippen LogP contribution in [0.15, 0.2) is 29.2 Å². The number of hydrogen-bond acceptors (Lipinski definition) is 5. The van der Waals surface area contributed by atoms with E-state index < -0.39 is 10.0 Å². The van der Waals surface area contributed by atoms with Gasteiger partial charge in [-0.1, -0.05) is 6.07 Å². The zero-order valence-electron chi connectivity index (χ0n) is 12.2. The molecule has 8 heteroatoms. The van der Waals surface area contributed by atoms with Gasteiger partial charge < -0.3 is 15.8 Å². The van der Waals surface area contributed by atoms with Crippen molar-refractivity contribution in [2.75, 3.05) is 39.6 Å². The summed E-state index contributed by atoms with van der Waals surface area (Å²) in [5.41, 5.74) is 5.93. The van der Waals surface area contributed by atoms with Gasteiger partial charge in [-0.05, 0) is 24.6 Å². The molecule has 0 saturated heterocycles. The summed E-state index contributed by atoms with van der Waals surface area (Å²) in [5, 5.41) is 2.63. The first kappa shape index (κ1) is 17.4. The number of nitrogens with one attached hydrogen (secondary N) is 1. The minimum atomic E-state index is -3.72. The summed E-state index contributed by atoms with van der Waals surface area (Å²) in [4.78, 5) is 11.7. The quantitative estimate of drug-likeness (QED) is 0.521. The number of amides is 1. The standard InChI is InChI=1S/C13H21N3O4S/c1-16(10-13(17)15-7-4-8-20-2)21(18,19)12-6-3-5-11(14)9-12/h3,5-6,9H,4,7-8,10,14H2,1-2H3,(H,15,17). The van der Waals surface area contributed by atoms with Crippen molar-refractivity contribution in [3.05, 3.63) is 24.3 Å². The summed E-state index contributed by atoms with van der Waals surface area (Å²) < 4.78 is 30.4. The van der Waals surface area contributed by atoms with Crippen LogP contribution < -0.4 is 11.1 Å². The van der Waals surface area contributed by atoms with Crippen LogP contribution in [0.2, 0.25) is 0 Å². The summed E-state index contributed by atoms with van der Waals surface area (Å²) in [6.45, 7) is 0.737. The average molecular weight is 315 g/mol. The molecule has 0 bridgehead atoms. The lowest BCUT2D eigenvalue weighted by Crippen LogP contribution is -2.38. The van der Waals surface area contributed by atoms with Gasteiger partial charge in [-0.3, -0.25) is 4.79 Å². The van der Waals surface area contributed by atoms with Crippen molar-refractivity contribution in [3.8, 4) is 0 Å². The molecule has 0 aromatic heterocycles. The van der Waals surface area contributed by atoms with E-state index in [1.54, 1.807) is 19.2 Å². The molecule has 3 N–H and O–H groups in total. The normalized spacial score (nSPS) is 11.6. The zero-order valence-corrected chi connectivity index (χ0v) is 13.0. The molecule has 0 spiro atoms. The first-order chi connectivity index (χ1) is 9.87. The van der Waals surface area contributed by atoms with Gasteiger partial charge in [0.25, 0.3) is 0 Å². The van der Waals surface area contributed by atoms with E-state index in [0.717, 1.165) is 4.31 Å². The summed E-state index contributed by atoms with van der Waals surface area (Å²) in [6, 6.07) is 5.96. The van der Waals surface area contributed by atoms with Crippen LogP contribution in [0, 0.1) is 0 Å². The van der Waals surface area contributed by atoms with E-state index in [1.165, 1.54) is 19.2 Å². The van der Waals surface area contributed by atoms with E-state index in [0.29, 0.717) is 25.3 Å². The molecule has 118 valence electrons. The number of likely N-dealkylation sites (N-methyl/N-ethyl adjacent to an activating group) is 1. The maximum Gasteiger partial charge on any atom is 0.243 e. The van der Waals surface area contributed by atoms with E-state index in [1.807, 2.05) is 0 Å². The predicted molar refractivity (Wildman–Crippen MR) is 80.2 cm³/mol. The Kier molecular flexibility index (Phi) is 6.60. The lowest BCUT2D eigenvalue weighted by Gasteiger charge is -2.17. The Hall–Kier alpha value is -1.64. The molecular formula is C13H21N3O4S. The van der Waals surface area contributed by atoms with Crippen LogP contribution in [0.4, 0.5) is 5.69 Å². The van der Waals surface area contributed by atoms with Gasteiger partial charge in [0.15, 0.2) is 0 Å². The molecule has 0 aliphatic rings. The highest BCUT2D eigenvalue weighted by molar-refractivity contribution is 7.89. The van der Waals surface area contributed by atoms with Crippen LogP contribution in [0.25, 0.3) is 0 Å². The molecule has 1 amide bonds. The van der Waals surface area contributed by atoms with Gasteiger partial charge >= 0.3 is 0 Å². The summed E-state index contributed by atoms with van der Waals surface area (Å²) in [5.74, 6) is -0.360. The topological polar surface area (TPSA) is 102 Å². The van der Waals surface area contributed by atoms with Gasteiger partial charge in [-0.25, -0.2) is 8.42 Å². The second kappa shape index (κ2) is 7.96. The van der Waals surface area contributed by atoms with Crippen molar-refractivity contribution in [2.45, 2.75) is 11.3 Å². The van der Waals surface area contributed by atoms with Gasteiger partial charge in [0.1, 0.15) is 0 Å². The monoisotopic (exact) mass is 315 g/mol. The summed E-state index contributed by atoms with van der Waals surface area (Å²) in [7, 11) is -0.792. The van der Waals surface area contributed by atoms with Gasteiger partial charge in [-0.2, -0.15) is 4.31 Å². The van der Waals surface area contributed by atoms with Gasteiger partial charge in [-0.15, -0.1) is 0 Å². The first-order valence-corrected chi connectivity index (χ1v) is 7.89. The molecule has 0 radical (unpaired) electrons. The lowest BCUT2D eigenvalue weighted by atomic mass is 10.3. The predicted octanol–water partition coefficient (Wildman–Crippen LogP) is 0.0420. The molecule has 0 fully saturated rings. The molecule has 1 aromatic carbocycles. The molecule has 0 atom stereocenters. The number of sulfonamides is 1. The molecule has 0 saturated carbocycles. The Bertz CT molecular complexity index is 575. The fourth-order valence-corrected chi connectivity index (χ4v) is 2.83. The number of hydrogen-bond donors (Lipinski definition) is 2. The molecule has 1 rings (SSSR count). The van der Waals surface area contributed by atoms with Gasteiger partial charge in [0, 0.05) is 33.0 Å². The second-order valence-electron chi connectivity index (χ2n) is 4.53. The highest BCUT2D eigenvalue weighted by Gasteiger charge is 2.22. The van der Waals surface area contributed by atoms with Crippen LogP contribution in [0.5, 0.6) is 0 Å². The van der Waals surface area contributed by atoms with Crippen LogP contribution in [0.3, 0.4) is 0 Å². The lowest BCUT2D eigenvalue weighted by molar-refractivity contribution is -0.121. The van der Waals surface area contributed by atoms with Crippen LogP contribution >= 0.6 is 0 Å². The van der Waals surface area contributed by atoms with E-state index in [2.05, 4.69) is 5.32 Å². The largest absolute Gasteiger partial charge is 0.399 e. The number of methoxy groups -OCH3 is 1. The Morgan fingerprint density at radius 2 is 2.14 bits per heavy atom. The fraction of sp³-hybridized carbons (Fsp3) is 0.462. The number of benzene rings is 1. The number of ether oxygens (including phenoxy) is 1. The second-order valence-corrected chi connectivity index (χ2v) is 6.57. The third-order valence-corrected chi connectivity index (χ3v) is 4.58. The zero-order chi connectivity index (χ0) is 15.9. The maximum atomic E-state index is 12.3. The van der Waals surface area contributed by atoms with Crippen molar-refractivity contribution in [3.63, 3.8) is 0 Å². The number of nitrogens with two attached hydrogens (primary N) is 1. The number of carbonyl (C=O) groups is 1. The molecule has 1 aromatic rings. The highest BCUT2D eigenvalue weighted by Crippen LogP contribution is 2.16. The molecule has 0 heterocycles. The van der Waals surface area contributed by atoms with Crippen LogP contribution in [-0.2, 0) is 19.6 Å². The Morgan fingerprint density at radius 3 is 2.76 bits per heavy atom. The molecule has 0 aliphatic carbocycles. The number of nitrogen functional groups attached to an aromatic ring is 1. The SMILES string of the molecule is COCCCNC(=O)CN(C)S(=O)(=O)c1cccc(N)c1. The number of rotatable bonds is 8.